The number of carbonyl (C=O) groups excluding carboxylic acids is 1. The molecule has 2 aromatic rings. The lowest BCUT2D eigenvalue weighted by atomic mass is 9.89. The molecule has 0 bridgehead atoms. The van der Waals surface area contributed by atoms with Crippen LogP contribution in [0.15, 0.2) is 36.8 Å². The van der Waals surface area contributed by atoms with E-state index in [0.717, 1.165) is 11.3 Å². The average molecular weight is 334 g/mol. The Morgan fingerprint density at radius 1 is 1.26 bits per heavy atom. The van der Waals surface area contributed by atoms with Gasteiger partial charge in [-0.05, 0) is 24.3 Å². The van der Waals surface area contributed by atoms with Gasteiger partial charge in [-0.1, -0.05) is 32.4 Å². The standard InChI is InChI=1S/C17H20ClN3O2/c1-17(2,3)16-12(8-19-11-21-16)9-20-15(22)10-23-14-6-4-13(18)5-7-14/h4-8,11H,9-10H2,1-3H3,(H,20,22). The van der Waals surface area contributed by atoms with E-state index < -0.39 is 0 Å². The number of nitrogens with zero attached hydrogens (tertiary/aromatic N) is 2. The van der Waals surface area contributed by atoms with Gasteiger partial charge < -0.3 is 10.1 Å². The highest BCUT2D eigenvalue weighted by Gasteiger charge is 2.19. The molecule has 0 radical (unpaired) electrons. The summed E-state index contributed by atoms with van der Waals surface area (Å²) in [7, 11) is 0. The number of rotatable bonds is 5. The van der Waals surface area contributed by atoms with Crippen LogP contribution in [0.1, 0.15) is 32.0 Å². The molecule has 1 aromatic heterocycles. The Morgan fingerprint density at radius 3 is 2.61 bits per heavy atom. The third-order valence-corrected chi connectivity index (χ3v) is 3.41. The Morgan fingerprint density at radius 2 is 1.96 bits per heavy atom. The molecule has 0 aliphatic carbocycles. The Kier molecular flexibility index (Phi) is 5.55. The van der Waals surface area contributed by atoms with Crippen LogP contribution < -0.4 is 10.1 Å². The number of hydrogen-bond acceptors (Lipinski definition) is 4. The Balaban J connectivity index is 1.89. The summed E-state index contributed by atoms with van der Waals surface area (Å²) in [4.78, 5) is 20.3. The lowest BCUT2D eigenvalue weighted by molar-refractivity contribution is -0.123. The molecule has 0 atom stereocenters. The predicted molar refractivity (Wildman–Crippen MR) is 89.5 cm³/mol. The molecule has 0 aliphatic rings. The van der Waals surface area contributed by atoms with Gasteiger partial charge in [-0.2, -0.15) is 0 Å². The van der Waals surface area contributed by atoms with Crippen molar-refractivity contribution < 1.29 is 9.53 Å². The van der Waals surface area contributed by atoms with Crippen LogP contribution in [0, 0.1) is 0 Å². The zero-order chi connectivity index (χ0) is 16.9. The largest absolute Gasteiger partial charge is 0.484 e. The average Bonchev–Trinajstić information content (AvgIpc) is 2.52. The SMILES string of the molecule is CC(C)(C)c1ncncc1CNC(=O)COc1ccc(Cl)cc1. The second-order valence-electron chi connectivity index (χ2n) is 6.17. The lowest BCUT2D eigenvalue weighted by Crippen LogP contribution is -2.30. The summed E-state index contributed by atoms with van der Waals surface area (Å²) in [6.07, 6.45) is 3.25. The Labute approximate surface area is 141 Å². The number of aromatic nitrogens is 2. The van der Waals surface area contributed by atoms with Gasteiger partial charge in [-0.3, -0.25) is 4.79 Å². The molecule has 122 valence electrons. The van der Waals surface area contributed by atoms with Gasteiger partial charge in [0, 0.05) is 28.7 Å². The quantitative estimate of drug-likeness (QED) is 0.913. The number of benzene rings is 1. The van der Waals surface area contributed by atoms with E-state index in [0.29, 0.717) is 17.3 Å². The molecule has 1 heterocycles. The van der Waals surface area contributed by atoms with Gasteiger partial charge >= 0.3 is 0 Å². The van der Waals surface area contributed by atoms with Crippen LogP contribution in [0.25, 0.3) is 0 Å². The van der Waals surface area contributed by atoms with E-state index >= 15 is 0 Å². The van der Waals surface area contributed by atoms with Gasteiger partial charge in [-0.15, -0.1) is 0 Å². The van der Waals surface area contributed by atoms with Crippen molar-refractivity contribution in [3.63, 3.8) is 0 Å². The molecule has 0 unspecified atom stereocenters. The molecule has 1 amide bonds. The molecule has 0 saturated carbocycles. The smallest absolute Gasteiger partial charge is 0.258 e. The highest BCUT2D eigenvalue weighted by Crippen LogP contribution is 2.22. The van der Waals surface area contributed by atoms with Crippen molar-refractivity contribution in [1.82, 2.24) is 15.3 Å². The van der Waals surface area contributed by atoms with Crippen molar-refractivity contribution in [2.24, 2.45) is 0 Å². The highest BCUT2D eigenvalue weighted by molar-refractivity contribution is 6.30. The number of nitrogens with one attached hydrogen (secondary N) is 1. The summed E-state index contributed by atoms with van der Waals surface area (Å²) in [6, 6.07) is 6.87. The Bertz CT molecular complexity index is 666. The maximum atomic E-state index is 11.9. The van der Waals surface area contributed by atoms with Gasteiger partial charge in [-0.25, -0.2) is 9.97 Å². The van der Waals surface area contributed by atoms with E-state index in [2.05, 4.69) is 36.1 Å². The summed E-state index contributed by atoms with van der Waals surface area (Å²) >= 11 is 5.80. The number of ether oxygens (including phenoxy) is 1. The first-order valence-electron chi connectivity index (χ1n) is 7.30. The van der Waals surface area contributed by atoms with Crippen molar-refractivity contribution in [1.29, 1.82) is 0 Å². The normalized spacial score (nSPS) is 11.1. The van der Waals surface area contributed by atoms with Crippen molar-refractivity contribution in [2.75, 3.05) is 6.61 Å². The third kappa shape index (κ3) is 5.21. The molecular formula is C17H20ClN3O2. The van der Waals surface area contributed by atoms with Crippen LogP contribution >= 0.6 is 11.6 Å². The molecule has 0 fully saturated rings. The monoisotopic (exact) mass is 333 g/mol. The minimum Gasteiger partial charge on any atom is -0.484 e. The van der Waals surface area contributed by atoms with Crippen molar-refractivity contribution >= 4 is 17.5 Å². The van der Waals surface area contributed by atoms with E-state index in [4.69, 9.17) is 16.3 Å². The second kappa shape index (κ2) is 7.42. The Hall–Kier alpha value is -2.14. The van der Waals surface area contributed by atoms with Gasteiger partial charge in [0.1, 0.15) is 12.1 Å². The number of carbonyl (C=O) groups is 1. The van der Waals surface area contributed by atoms with Crippen molar-refractivity contribution in [3.8, 4) is 5.75 Å². The summed E-state index contributed by atoms with van der Waals surface area (Å²) < 4.78 is 5.41. The molecule has 0 saturated heterocycles. The summed E-state index contributed by atoms with van der Waals surface area (Å²) in [5.41, 5.74) is 1.72. The molecule has 5 nitrogen and oxygen atoms in total. The fourth-order valence-electron chi connectivity index (χ4n) is 2.09. The van der Waals surface area contributed by atoms with E-state index in [1.807, 2.05) is 0 Å². The maximum Gasteiger partial charge on any atom is 0.258 e. The predicted octanol–water partition coefficient (Wildman–Crippen LogP) is 3.12. The molecule has 0 spiro atoms. The minimum absolute atomic E-state index is 0.0554. The number of amides is 1. The van der Waals surface area contributed by atoms with E-state index in [1.54, 1.807) is 30.5 Å². The minimum atomic E-state index is -0.205. The molecule has 6 heteroatoms. The van der Waals surface area contributed by atoms with Gasteiger partial charge in [0.2, 0.25) is 0 Å². The van der Waals surface area contributed by atoms with Crippen LogP contribution in [-0.4, -0.2) is 22.5 Å². The second-order valence-corrected chi connectivity index (χ2v) is 6.60. The van der Waals surface area contributed by atoms with E-state index in [1.165, 1.54) is 6.33 Å². The van der Waals surface area contributed by atoms with Gasteiger partial charge in [0.25, 0.3) is 5.91 Å². The zero-order valence-corrected chi connectivity index (χ0v) is 14.2. The molecule has 0 aliphatic heterocycles. The van der Waals surface area contributed by atoms with Crippen LogP contribution in [0.5, 0.6) is 5.75 Å². The van der Waals surface area contributed by atoms with Gasteiger partial charge in [0.15, 0.2) is 6.61 Å². The summed E-state index contributed by atoms with van der Waals surface area (Å²) in [5.74, 6) is 0.395. The fraction of sp³-hybridized carbons (Fsp3) is 0.353. The summed E-state index contributed by atoms with van der Waals surface area (Å²) in [5, 5.41) is 3.45. The van der Waals surface area contributed by atoms with Crippen molar-refractivity contribution in [2.45, 2.75) is 32.7 Å². The van der Waals surface area contributed by atoms with Crippen LogP contribution in [-0.2, 0) is 16.8 Å². The first kappa shape index (κ1) is 17.2. The van der Waals surface area contributed by atoms with Crippen LogP contribution in [0.3, 0.4) is 0 Å². The molecular weight excluding hydrogens is 314 g/mol. The highest BCUT2D eigenvalue weighted by atomic mass is 35.5. The zero-order valence-electron chi connectivity index (χ0n) is 13.5. The van der Waals surface area contributed by atoms with Gasteiger partial charge in [0.05, 0.1) is 5.69 Å². The number of halogens is 1. The van der Waals surface area contributed by atoms with Crippen LogP contribution in [0.4, 0.5) is 0 Å². The molecule has 1 aromatic carbocycles. The van der Waals surface area contributed by atoms with Crippen molar-refractivity contribution in [3.05, 3.63) is 53.1 Å². The fourth-order valence-corrected chi connectivity index (χ4v) is 2.21. The van der Waals surface area contributed by atoms with E-state index in [-0.39, 0.29) is 17.9 Å². The topological polar surface area (TPSA) is 64.1 Å². The summed E-state index contributed by atoms with van der Waals surface area (Å²) in [6.45, 7) is 6.54. The third-order valence-electron chi connectivity index (χ3n) is 3.16. The first-order chi connectivity index (χ1) is 10.9. The molecule has 2 rings (SSSR count). The lowest BCUT2D eigenvalue weighted by Gasteiger charge is -2.21. The number of hydrogen-bond donors (Lipinski definition) is 1. The van der Waals surface area contributed by atoms with Crippen LogP contribution in [0.2, 0.25) is 5.02 Å². The van der Waals surface area contributed by atoms with E-state index in [9.17, 15) is 4.79 Å². The molecule has 1 N–H and O–H groups in total. The molecule has 23 heavy (non-hydrogen) atoms. The first-order valence-corrected chi connectivity index (χ1v) is 7.68. The maximum absolute atomic E-state index is 11.9.